The van der Waals surface area contributed by atoms with E-state index in [0.29, 0.717) is 22.8 Å². The van der Waals surface area contributed by atoms with Gasteiger partial charge < -0.3 is 15.2 Å². The number of carboxylic acid groups (broad SMARTS) is 1. The highest BCUT2D eigenvalue weighted by Crippen LogP contribution is 2.23. The molecule has 0 spiro atoms. The van der Waals surface area contributed by atoms with Gasteiger partial charge in [-0.05, 0) is 25.5 Å². The second-order valence-electron chi connectivity index (χ2n) is 4.65. The molecule has 0 amide bonds. The lowest BCUT2D eigenvalue weighted by Gasteiger charge is -2.14. The molecule has 0 fully saturated rings. The molecule has 2 aromatic heterocycles. The first-order valence-corrected chi connectivity index (χ1v) is 6.31. The Hall–Kier alpha value is -2.96. The number of carboxylic acids is 1. The number of anilines is 2. The topological polar surface area (TPSA) is 95.2 Å². The Morgan fingerprint density at radius 1 is 1.33 bits per heavy atom. The Balaban J connectivity index is 2.09. The first-order valence-electron chi connectivity index (χ1n) is 6.31. The summed E-state index contributed by atoms with van der Waals surface area (Å²) in [7, 11) is 0. The molecular formula is C14H12N5O2-. The van der Waals surface area contributed by atoms with Crippen LogP contribution in [0.15, 0.2) is 30.6 Å². The molecule has 0 aliphatic heterocycles. The molecule has 0 aliphatic carbocycles. The van der Waals surface area contributed by atoms with E-state index in [4.69, 9.17) is 0 Å². The van der Waals surface area contributed by atoms with Crippen LogP contribution in [0.25, 0.3) is 5.78 Å². The Labute approximate surface area is 120 Å². The van der Waals surface area contributed by atoms with Gasteiger partial charge in [-0.2, -0.15) is 14.6 Å². The quantitative estimate of drug-likeness (QED) is 0.765. The summed E-state index contributed by atoms with van der Waals surface area (Å²) in [6.07, 6.45) is 1.41. The number of carbonyl (C=O) groups is 1. The minimum Gasteiger partial charge on any atom is -0.545 e. The van der Waals surface area contributed by atoms with E-state index in [1.165, 1.54) is 12.4 Å². The third-order valence-corrected chi connectivity index (χ3v) is 3.20. The van der Waals surface area contributed by atoms with Gasteiger partial charge in [0.2, 0.25) is 0 Å². The van der Waals surface area contributed by atoms with E-state index in [9.17, 15) is 9.90 Å². The van der Waals surface area contributed by atoms with Crippen molar-refractivity contribution < 1.29 is 9.90 Å². The molecule has 2 heterocycles. The fourth-order valence-corrected chi connectivity index (χ4v) is 2.15. The average Bonchev–Trinajstić information content (AvgIpc) is 2.88. The van der Waals surface area contributed by atoms with Crippen LogP contribution in [0.4, 0.5) is 11.5 Å². The molecule has 1 aromatic carbocycles. The largest absolute Gasteiger partial charge is 0.545 e. The number of carbonyl (C=O) groups excluding carboxylic acids is 1. The maximum Gasteiger partial charge on any atom is 0.254 e. The Bertz CT molecular complexity index is 840. The van der Waals surface area contributed by atoms with E-state index in [1.54, 1.807) is 23.6 Å². The average molecular weight is 282 g/mol. The lowest BCUT2D eigenvalue weighted by molar-refractivity contribution is -0.255. The molecule has 0 bridgehead atoms. The lowest BCUT2D eigenvalue weighted by atomic mass is 10.1. The fraction of sp³-hybridized carbons (Fsp3) is 0.143. The van der Waals surface area contributed by atoms with Crippen molar-refractivity contribution in [3.8, 4) is 0 Å². The molecule has 3 aromatic rings. The Kier molecular flexibility index (Phi) is 3.02. The van der Waals surface area contributed by atoms with E-state index < -0.39 is 5.97 Å². The summed E-state index contributed by atoms with van der Waals surface area (Å²) in [6.45, 7) is 3.57. The van der Waals surface area contributed by atoms with Crippen molar-refractivity contribution in [2.24, 2.45) is 0 Å². The molecule has 7 heteroatoms. The molecule has 0 unspecified atom stereocenters. The van der Waals surface area contributed by atoms with Crippen molar-refractivity contribution in [3.63, 3.8) is 0 Å². The fourth-order valence-electron chi connectivity index (χ4n) is 2.15. The van der Waals surface area contributed by atoms with Crippen LogP contribution in [-0.4, -0.2) is 25.6 Å². The van der Waals surface area contributed by atoms with Crippen LogP contribution >= 0.6 is 0 Å². The molecule has 21 heavy (non-hydrogen) atoms. The van der Waals surface area contributed by atoms with Gasteiger partial charge in [0.25, 0.3) is 5.78 Å². The van der Waals surface area contributed by atoms with Crippen LogP contribution in [0.1, 0.15) is 21.6 Å². The molecule has 0 saturated carbocycles. The standard InChI is InChI=1S/C14H13N5O2/c1-8-6-12(19-14(17-8)15-7-16-19)18-11-5-3-4-10(9(11)2)13(20)21/h3-7,18H,1-2H3,(H,20,21)/p-1. The van der Waals surface area contributed by atoms with Gasteiger partial charge in [0.1, 0.15) is 12.1 Å². The van der Waals surface area contributed by atoms with Gasteiger partial charge in [-0.25, -0.2) is 4.98 Å². The predicted molar refractivity (Wildman–Crippen MR) is 74.3 cm³/mol. The number of fused-ring (bicyclic) bond motifs is 1. The van der Waals surface area contributed by atoms with Gasteiger partial charge in [-0.15, -0.1) is 0 Å². The molecular weight excluding hydrogens is 270 g/mol. The zero-order chi connectivity index (χ0) is 15.0. The van der Waals surface area contributed by atoms with E-state index in [-0.39, 0.29) is 5.56 Å². The first-order chi connectivity index (χ1) is 10.1. The summed E-state index contributed by atoms with van der Waals surface area (Å²) in [6, 6.07) is 6.78. The molecule has 3 rings (SSSR count). The highest BCUT2D eigenvalue weighted by Gasteiger charge is 2.09. The maximum absolute atomic E-state index is 11.1. The van der Waals surface area contributed by atoms with Crippen LogP contribution in [0.2, 0.25) is 0 Å². The second kappa shape index (κ2) is 4.86. The van der Waals surface area contributed by atoms with Crippen molar-refractivity contribution in [1.82, 2.24) is 19.6 Å². The molecule has 0 atom stereocenters. The van der Waals surface area contributed by atoms with Gasteiger partial charge in [0, 0.05) is 23.0 Å². The molecule has 1 N–H and O–H groups in total. The molecule has 7 nitrogen and oxygen atoms in total. The summed E-state index contributed by atoms with van der Waals surface area (Å²) in [5.41, 5.74) is 2.20. The maximum atomic E-state index is 11.1. The van der Waals surface area contributed by atoms with Gasteiger partial charge in [-0.3, -0.25) is 0 Å². The van der Waals surface area contributed by atoms with Crippen LogP contribution in [0.3, 0.4) is 0 Å². The Morgan fingerprint density at radius 3 is 2.90 bits per heavy atom. The van der Waals surface area contributed by atoms with Crippen molar-refractivity contribution >= 4 is 23.3 Å². The normalized spacial score (nSPS) is 10.8. The second-order valence-corrected chi connectivity index (χ2v) is 4.65. The number of nitrogens with one attached hydrogen (secondary N) is 1. The van der Waals surface area contributed by atoms with E-state index in [0.717, 1.165) is 5.69 Å². The number of benzene rings is 1. The number of hydrogen-bond donors (Lipinski definition) is 1. The number of aromatic nitrogens is 4. The summed E-state index contributed by atoms with van der Waals surface area (Å²) >= 11 is 0. The summed E-state index contributed by atoms with van der Waals surface area (Å²) in [5, 5.41) is 18.3. The monoisotopic (exact) mass is 282 g/mol. The number of aryl methyl sites for hydroxylation is 1. The smallest absolute Gasteiger partial charge is 0.254 e. The van der Waals surface area contributed by atoms with Crippen molar-refractivity contribution in [2.45, 2.75) is 13.8 Å². The van der Waals surface area contributed by atoms with Crippen molar-refractivity contribution in [1.29, 1.82) is 0 Å². The number of hydrogen-bond acceptors (Lipinski definition) is 6. The molecule has 0 saturated heterocycles. The van der Waals surface area contributed by atoms with E-state index in [1.807, 2.05) is 13.0 Å². The van der Waals surface area contributed by atoms with Gasteiger partial charge in [0.15, 0.2) is 0 Å². The lowest BCUT2D eigenvalue weighted by Crippen LogP contribution is -2.23. The van der Waals surface area contributed by atoms with Crippen LogP contribution in [0, 0.1) is 13.8 Å². The van der Waals surface area contributed by atoms with Crippen LogP contribution in [0.5, 0.6) is 0 Å². The first kappa shape index (κ1) is 13.0. The van der Waals surface area contributed by atoms with Crippen molar-refractivity contribution in [3.05, 3.63) is 47.4 Å². The number of nitrogens with zero attached hydrogens (tertiary/aromatic N) is 4. The van der Waals surface area contributed by atoms with Crippen molar-refractivity contribution in [2.75, 3.05) is 5.32 Å². The predicted octanol–water partition coefficient (Wildman–Crippen LogP) is 0.848. The molecule has 106 valence electrons. The van der Waals surface area contributed by atoms with Gasteiger partial charge >= 0.3 is 0 Å². The third-order valence-electron chi connectivity index (χ3n) is 3.20. The third kappa shape index (κ3) is 2.29. The highest BCUT2D eigenvalue weighted by molar-refractivity contribution is 5.90. The summed E-state index contributed by atoms with van der Waals surface area (Å²) < 4.78 is 1.55. The zero-order valence-electron chi connectivity index (χ0n) is 11.5. The Morgan fingerprint density at radius 2 is 2.14 bits per heavy atom. The molecule has 0 aliphatic rings. The van der Waals surface area contributed by atoms with Gasteiger partial charge in [-0.1, -0.05) is 12.1 Å². The van der Waals surface area contributed by atoms with Crippen LogP contribution < -0.4 is 10.4 Å². The number of aromatic carboxylic acids is 1. The molecule has 0 radical (unpaired) electrons. The number of rotatable bonds is 3. The zero-order valence-corrected chi connectivity index (χ0v) is 11.5. The minimum absolute atomic E-state index is 0.153. The van der Waals surface area contributed by atoms with Crippen LogP contribution in [-0.2, 0) is 0 Å². The van der Waals surface area contributed by atoms with Gasteiger partial charge in [0.05, 0.1) is 5.97 Å². The highest BCUT2D eigenvalue weighted by atomic mass is 16.4. The van der Waals surface area contributed by atoms with E-state index in [2.05, 4.69) is 20.4 Å². The summed E-state index contributed by atoms with van der Waals surface area (Å²) in [4.78, 5) is 19.4. The van der Waals surface area contributed by atoms with E-state index >= 15 is 0 Å². The minimum atomic E-state index is -1.20. The summed E-state index contributed by atoms with van der Waals surface area (Å²) in [5.74, 6) is -0.0623. The SMILES string of the molecule is Cc1cc(Nc2cccc(C(=O)[O-])c2C)n2ncnc2n1.